The number of alkyl halides is 3. The fourth-order valence-corrected chi connectivity index (χ4v) is 1.03. The molecule has 0 aliphatic rings. The van der Waals surface area contributed by atoms with Gasteiger partial charge in [0.05, 0.1) is 5.41 Å². The summed E-state index contributed by atoms with van der Waals surface area (Å²) in [4.78, 5) is 14.0. The SMILES string of the molecule is CC(C)(c1cncc(C=O)c1)C(F)(F)F. The van der Waals surface area contributed by atoms with Crippen LogP contribution in [0.15, 0.2) is 18.5 Å². The van der Waals surface area contributed by atoms with Crippen molar-refractivity contribution in [1.82, 2.24) is 4.98 Å². The number of nitrogens with zero attached hydrogens (tertiary/aromatic N) is 1. The molecule has 0 fully saturated rings. The van der Waals surface area contributed by atoms with E-state index < -0.39 is 11.6 Å². The maximum absolute atomic E-state index is 12.6. The van der Waals surface area contributed by atoms with Crippen molar-refractivity contribution >= 4 is 6.29 Å². The number of hydrogen-bond donors (Lipinski definition) is 0. The first-order valence-electron chi connectivity index (χ1n) is 4.26. The largest absolute Gasteiger partial charge is 0.397 e. The average Bonchev–Trinajstić information content (AvgIpc) is 2.16. The van der Waals surface area contributed by atoms with E-state index in [-0.39, 0.29) is 11.1 Å². The minimum atomic E-state index is -4.36. The fraction of sp³-hybridized carbons (Fsp3) is 0.400. The van der Waals surface area contributed by atoms with Gasteiger partial charge in [-0.05, 0) is 25.5 Å². The Kier molecular flexibility index (Phi) is 2.83. The minimum absolute atomic E-state index is 0.0143. The van der Waals surface area contributed by atoms with Crippen molar-refractivity contribution in [2.45, 2.75) is 25.4 Å². The molecule has 0 N–H and O–H groups in total. The first kappa shape index (κ1) is 11.7. The van der Waals surface area contributed by atoms with Gasteiger partial charge in [-0.1, -0.05) is 0 Å². The van der Waals surface area contributed by atoms with E-state index in [1.54, 1.807) is 0 Å². The van der Waals surface area contributed by atoms with Crippen LogP contribution in [0.5, 0.6) is 0 Å². The predicted molar refractivity (Wildman–Crippen MR) is 48.7 cm³/mol. The molecule has 0 saturated carbocycles. The van der Waals surface area contributed by atoms with Crippen molar-refractivity contribution in [3.8, 4) is 0 Å². The van der Waals surface area contributed by atoms with Crippen molar-refractivity contribution in [3.05, 3.63) is 29.6 Å². The summed E-state index contributed by atoms with van der Waals surface area (Å²) in [5, 5.41) is 0. The Hall–Kier alpha value is -1.39. The van der Waals surface area contributed by atoms with Crippen molar-refractivity contribution in [1.29, 1.82) is 0 Å². The second-order valence-electron chi connectivity index (χ2n) is 3.75. The molecule has 0 amide bonds. The molecule has 0 aromatic carbocycles. The van der Waals surface area contributed by atoms with Crippen molar-refractivity contribution in [2.75, 3.05) is 0 Å². The molecule has 0 aliphatic carbocycles. The lowest BCUT2D eigenvalue weighted by Crippen LogP contribution is -2.36. The zero-order valence-corrected chi connectivity index (χ0v) is 8.30. The Labute approximate surface area is 85.1 Å². The number of rotatable bonds is 2. The van der Waals surface area contributed by atoms with Gasteiger partial charge in [-0.25, -0.2) is 0 Å². The van der Waals surface area contributed by atoms with Crippen molar-refractivity contribution < 1.29 is 18.0 Å². The molecule has 82 valence electrons. The minimum Gasteiger partial charge on any atom is -0.298 e. The number of pyridine rings is 1. The summed E-state index contributed by atoms with van der Waals surface area (Å²) in [5.41, 5.74) is -1.87. The van der Waals surface area contributed by atoms with Crippen LogP contribution in [0.1, 0.15) is 29.8 Å². The van der Waals surface area contributed by atoms with Crippen LogP contribution in [0.25, 0.3) is 0 Å². The molecule has 2 nitrogen and oxygen atoms in total. The van der Waals surface area contributed by atoms with Crippen LogP contribution >= 0.6 is 0 Å². The van der Waals surface area contributed by atoms with Crippen LogP contribution in [-0.2, 0) is 5.41 Å². The lowest BCUT2D eigenvalue weighted by molar-refractivity contribution is -0.180. The van der Waals surface area contributed by atoms with Crippen LogP contribution in [-0.4, -0.2) is 17.4 Å². The number of carbonyl (C=O) groups is 1. The first-order chi connectivity index (χ1) is 6.79. The van der Waals surface area contributed by atoms with Crippen LogP contribution < -0.4 is 0 Å². The zero-order valence-electron chi connectivity index (χ0n) is 8.30. The van der Waals surface area contributed by atoms with E-state index in [4.69, 9.17) is 0 Å². The highest BCUT2D eigenvalue weighted by atomic mass is 19.4. The van der Waals surface area contributed by atoms with E-state index >= 15 is 0 Å². The lowest BCUT2D eigenvalue weighted by Gasteiger charge is -2.27. The summed E-state index contributed by atoms with van der Waals surface area (Å²) >= 11 is 0. The van der Waals surface area contributed by atoms with Crippen molar-refractivity contribution in [3.63, 3.8) is 0 Å². The van der Waals surface area contributed by atoms with E-state index in [9.17, 15) is 18.0 Å². The average molecular weight is 217 g/mol. The van der Waals surface area contributed by atoms with Gasteiger partial charge < -0.3 is 0 Å². The first-order valence-corrected chi connectivity index (χ1v) is 4.26. The monoisotopic (exact) mass is 217 g/mol. The van der Waals surface area contributed by atoms with Crippen LogP contribution in [0.3, 0.4) is 0 Å². The smallest absolute Gasteiger partial charge is 0.298 e. The molecule has 0 aliphatic heterocycles. The molecule has 5 heteroatoms. The van der Waals surface area contributed by atoms with E-state index in [1.807, 2.05) is 0 Å². The lowest BCUT2D eigenvalue weighted by atomic mass is 9.84. The van der Waals surface area contributed by atoms with Gasteiger partial charge in [0, 0.05) is 18.0 Å². The van der Waals surface area contributed by atoms with E-state index in [1.165, 1.54) is 12.3 Å². The number of aromatic nitrogens is 1. The molecule has 15 heavy (non-hydrogen) atoms. The highest BCUT2D eigenvalue weighted by molar-refractivity contribution is 5.74. The number of aldehydes is 1. The van der Waals surface area contributed by atoms with Gasteiger partial charge >= 0.3 is 6.18 Å². The molecule has 1 heterocycles. The molecule has 0 radical (unpaired) electrons. The standard InChI is InChI=1S/C10H10F3NO/c1-9(2,10(11,12)13)8-3-7(6-15)4-14-5-8/h3-6H,1-2H3. The fourth-order valence-electron chi connectivity index (χ4n) is 1.03. The van der Waals surface area contributed by atoms with Gasteiger partial charge in [-0.2, -0.15) is 13.2 Å². The second-order valence-corrected chi connectivity index (χ2v) is 3.75. The van der Waals surface area contributed by atoms with Gasteiger partial charge in [0.15, 0.2) is 6.29 Å². The van der Waals surface area contributed by atoms with E-state index in [0.717, 1.165) is 20.0 Å². The molecule has 0 saturated heterocycles. The summed E-state index contributed by atoms with van der Waals surface area (Å²) in [6.45, 7) is 2.11. The molecule has 0 spiro atoms. The predicted octanol–water partition coefficient (Wildman–Crippen LogP) is 2.73. The summed E-state index contributed by atoms with van der Waals surface area (Å²) in [6, 6.07) is 1.20. The molecule has 0 unspecified atom stereocenters. The molecule has 1 rings (SSSR count). The number of halogens is 3. The molecule has 0 bridgehead atoms. The molecule has 1 aromatic rings. The topological polar surface area (TPSA) is 30.0 Å². The van der Waals surface area contributed by atoms with Crippen LogP contribution in [0.4, 0.5) is 13.2 Å². The van der Waals surface area contributed by atoms with Crippen LogP contribution in [0.2, 0.25) is 0 Å². The van der Waals surface area contributed by atoms with E-state index in [2.05, 4.69) is 4.98 Å². The maximum atomic E-state index is 12.6. The second kappa shape index (κ2) is 3.64. The Morgan fingerprint density at radius 3 is 2.33 bits per heavy atom. The molecular formula is C10H10F3NO. The highest BCUT2D eigenvalue weighted by Crippen LogP contribution is 2.40. The maximum Gasteiger partial charge on any atom is 0.397 e. The summed E-state index contributed by atoms with van der Waals surface area (Å²) in [7, 11) is 0. The third kappa shape index (κ3) is 2.16. The zero-order chi connectivity index (χ0) is 11.7. The van der Waals surface area contributed by atoms with E-state index in [0.29, 0.717) is 6.29 Å². The quantitative estimate of drug-likeness (QED) is 0.713. The Morgan fingerprint density at radius 1 is 1.27 bits per heavy atom. The normalized spacial score (nSPS) is 12.6. The molecular weight excluding hydrogens is 207 g/mol. The van der Waals surface area contributed by atoms with Crippen LogP contribution in [0, 0.1) is 0 Å². The van der Waals surface area contributed by atoms with Gasteiger partial charge in [0.1, 0.15) is 0 Å². The summed E-state index contributed by atoms with van der Waals surface area (Å²) in [5.74, 6) is 0. The van der Waals surface area contributed by atoms with Crippen molar-refractivity contribution in [2.24, 2.45) is 0 Å². The third-order valence-electron chi connectivity index (χ3n) is 2.33. The summed E-state index contributed by atoms with van der Waals surface area (Å²) < 4.78 is 37.9. The van der Waals surface area contributed by atoms with Gasteiger partial charge in [-0.3, -0.25) is 9.78 Å². The Morgan fingerprint density at radius 2 is 1.87 bits per heavy atom. The third-order valence-corrected chi connectivity index (χ3v) is 2.33. The van der Waals surface area contributed by atoms with Gasteiger partial charge in [-0.15, -0.1) is 0 Å². The Bertz CT molecular complexity index is 371. The van der Waals surface area contributed by atoms with Gasteiger partial charge in [0.25, 0.3) is 0 Å². The van der Waals surface area contributed by atoms with Gasteiger partial charge in [0.2, 0.25) is 0 Å². The number of carbonyl (C=O) groups excluding carboxylic acids is 1. The summed E-state index contributed by atoms with van der Waals surface area (Å²) in [6.07, 6.45) is -1.54. The highest BCUT2D eigenvalue weighted by Gasteiger charge is 2.48. The number of hydrogen-bond acceptors (Lipinski definition) is 2. The molecule has 0 atom stereocenters. The Balaban J connectivity index is 3.21. The molecule has 1 aromatic heterocycles.